The third-order valence-electron chi connectivity index (χ3n) is 3.76. The first-order valence-corrected chi connectivity index (χ1v) is 6.20. The van der Waals surface area contributed by atoms with Gasteiger partial charge in [-0.1, -0.05) is 25.1 Å². The van der Waals surface area contributed by atoms with Crippen LogP contribution in [0.3, 0.4) is 0 Å². The number of hydrogen-bond donors (Lipinski definition) is 1. The van der Waals surface area contributed by atoms with Gasteiger partial charge in [0.05, 0.1) is 5.56 Å². The summed E-state index contributed by atoms with van der Waals surface area (Å²) in [5.41, 5.74) is 6.12. The zero-order valence-corrected chi connectivity index (χ0v) is 10.4. The van der Waals surface area contributed by atoms with Crippen LogP contribution in [0.2, 0.25) is 0 Å². The van der Waals surface area contributed by atoms with Crippen LogP contribution in [0.5, 0.6) is 0 Å². The van der Waals surface area contributed by atoms with Gasteiger partial charge >= 0.3 is 6.18 Å². The number of hydrogen-bond acceptors (Lipinski definition) is 1. The second-order valence-electron chi connectivity index (χ2n) is 5.69. The molecule has 0 spiro atoms. The molecule has 18 heavy (non-hydrogen) atoms. The van der Waals surface area contributed by atoms with Gasteiger partial charge in [0.1, 0.15) is 0 Å². The van der Waals surface area contributed by atoms with E-state index in [2.05, 4.69) is 6.92 Å². The number of rotatable bonds is 2. The Morgan fingerprint density at radius 3 is 2.67 bits per heavy atom. The lowest BCUT2D eigenvalue weighted by molar-refractivity contribution is -0.137. The SMILES string of the molecule is CC1(Cc2cccc(C(F)(F)F)c2)CCC(N)C1. The van der Waals surface area contributed by atoms with E-state index in [1.165, 1.54) is 12.1 Å². The van der Waals surface area contributed by atoms with E-state index in [0.717, 1.165) is 30.9 Å². The van der Waals surface area contributed by atoms with Crippen LogP contribution in [0.4, 0.5) is 13.2 Å². The second kappa shape index (κ2) is 4.57. The van der Waals surface area contributed by atoms with Crippen LogP contribution in [-0.2, 0) is 12.6 Å². The van der Waals surface area contributed by atoms with E-state index in [0.29, 0.717) is 6.42 Å². The zero-order chi connectivity index (χ0) is 13.4. The molecular formula is C14H18F3N. The summed E-state index contributed by atoms with van der Waals surface area (Å²) >= 11 is 0. The summed E-state index contributed by atoms with van der Waals surface area (Å²) in [6, 6.07) is 5.82. The van der Waals surface area contributed by atoms with Gasteiger partial charge in [0, 0.05) is 6.04 Å². The lowest BCUT2D eigenvalue weighted by atomic mass is 9.81. The summed E-state index contributed by atoms with van der Waals surface area (Å²) in [4.78, 5) is 0. The lowest BCUT2D eigenvalue weighted by Gasteiger charge is -2.24. The molecule has 1 fully saturated rings. The first-order chi connectivity index (χ1) is 8.28. The van der Waals surface area contributed by atoms with Crippen LogP contribution in [0.15, 0.2) is 24.3 Å². The van der Waals surface area contributed by atoms with E-state index in [1.54, 1.807) is 6.07 Å². The van der Waals surface area contributed by atoms with Crippen molar-refractivity contribution in [3.05, 3.63) is 35.4 Å². The summed E-state index contributed by atoms with van der Waals surface area (Å²) in [5, 5.41) is 0. The summed E-state index contributed by atoms with van der Waals surface area (Å²) in [6.45, 7) is 2.11. The Morgan fingerprint density at radius 1 is 1.39 bits per heavy atom. The average Bonchev–Trinajstić information content (AvgIpc) is 2.57. The van der Waals surface area contributed by atoms with Crippen LogP contribution in [0, 0.1) is 5.41 Å². The molecule has 0 aromatic heterocycles. The molecule has 1 aromatic rings. The molecule has 2 rings (SSSR count). The predicted octanol–water partition coefficient (Wildman–Crippen LogP) is 3.77. The van der Waals surface area contributed by atoms with Gasteiger partial charge in [-0.25, -0.2) is 0 Å². The number of alkyl halides is 3. The fourth-order valence-electron chi connectivity index (χ4n) is 2.88. The minimum absolute atomic E-state index is 0.0453. The highest BCUT2D eigenvalue weighted by Crippen LogP contribution is 2.40. The molecule has 2 atom stereocenters. The molecule has 1 aliphatic rings. The maximum Gasteiger partial charge on any atom is 0.416 e. The molecule has 2 N–H and O–H groups in total. The molecule has 1 nitrogen and oxygen atoms in total. The van der Waals surface area contributed by atoms with Crippen molar-refractivity contribution in [2.24, 2.45) is 11.1 Å². The van der Waals surface area contributed by atoms with Crippen molar-refractivity contribution in [3.8, 4) is 0 Å². The van der Waals surface area contributed by atoms with E-state index >= 15 is 0 Å². The van der Waals surface area contributed by atoms with Crippen molar-refractivity contribution >= 4 is 0 Å². The molecule has 0 bridgehead atoms. The second-order valence-corrected chi connectivity index (χ2v) is 5.69. The minimum atomic E-state index is -4.26. The first-order valence-electron chi connectivity index (χ1n) is 6.20. The van der Waals surface area contributed by atoms with Crippen molar-refractivity contribution < 1.29 is 13.2 Å². The van der Waals surface area contributed by atoms with E-state index < -0.39 is 11.7 Å². The van der Waals surface area contributed by atoms with E-state index in [1.807, 2.05) is 0 Å². The smallest absolute Gasteiger partial charge is 0.328 e. The van der Waals surface area contributed by atoms with Gasteiger partial charge in [-0.05, 0) is 42.7 Å². The van der Waals surface area contributed by atoms with Gasteiger partial charge in [0.25, 0.3) is 0 Å². The third kappa shape index (κ3) is 3.05. The number of nitrogens with two attached hydrogens (primary N) is 1. The van der Waals surface area contributed by atoms with Crippen LogP contribution in [0.1, 0.15) is 37.3 Å². The predicted molar refractivity (Wildman–Crippen MR) is 65.1 cm³/mol. The summed E-state index contributed by atoms with van der Waals surface area (Å²) < 4.78 is 37.9. The first kappa shape index (κ1) is 13.4. The molecule has 1 aromatic carbocycles. The minimum Gasteiger partial charge on any atom is -0.328 e. The molecule has 2 unspecified atom stereocenters. The van der Waals surface area contributed by atoms with Gasteiger partial charge in [0.2, 0.25) is 0 Å². The van der Waals surface area contributed by atoms with Crippen LogP contribution in [-0.4, -0.2) is 6.04 Å². The van der Waals surface area contributed by atoms with Crippen molar-refractivity contribution in [1.29, 1.82) is 0 Å². The number of benzene rings is 1. The molecule has 100 valence electrons. The summed E-state index contributed by atoms with van der Waals surface area (Å²) in [7, 11) is 0. The highest BCUT2D eigenvalue weighted by atomic mass is 19.4. The van der Waals surface area contributed by atoms with Gasteiger partial charge < -0.3 is 5.73 Å². The molecular weight excluding hydrogens is 239 g/mol. The monoisotopic (exact) mass is 257 g/mol. The summed E-state index contributed by atoms with van der Waals surface area (Å²) in [5.74, 6) is 0. The highest BCUT2D eigenvalue weighted by molar-refractivity contribution is 5.26. The topological polar surface area (TPSA) is 26.0 Å². The average molecular weight is 257 g/mol. The highest BCUT2D eigenvalue weighted by Gasteiger charge is 2.34. The van der Waals surface area contributed by atoms with Crippen LogP contribution in [0.25, 0.3) is 0 Å². The van der Waals surface area contributed by atoms with Gasteiger partial charge in [0.15, 0.2) is 0 Å². The zero-order valence-electron chi connectivity index (χ0n) is 10.4. The van der Waals surface area contributed by atoms with Crippen molar-refractivity contribution in [3.63, 3.8) is 0 Å². The Bertz CT molecular complexity index is 427. The third-order valence-corrected chi connectivity index (χ3v) is 3.76. The fourth-order valence-corrected chi connectivity index (χ4v) is 2.88. The van der Waals surface area contributed by atoms with Crippen molar-refractivity contribution in [2.75, 3.05) is 0 Å². The van der Waals surface area contributed by atoms with E-state index in [9.17, 15) is 13.2 Å². The maximum absolute atomic E-state index is 12.6. The normalized spacial score (nSPS) is 28.6. The molecule has 0 aliphatic heterocycles. The van der Waals surface area contributed by atoms with Crippen molar-refractivity contribution in [1.82, 2.24) is 0 Å². The van der Waals surface area contributed by atoms with Gasteiger partial charge in [-0.15, -0.1) is 0 Å². The van der Waals surface area contributed by atoms with Gasteiger partial charge in [-0.3, -0.25) is 0 Å². The van der Waals surface area contributed by atoms with E-state index in [4.69, 9.17) is 5.73 Å². The molecule has 1 aliphatic carbocycles. The van der Waals surface area contributed by atoms with Crippen LogP contribution < -0.4 is 5.73 Å². The Hall–Kier alpha value is -1.03. The van der Waals surface area contributed by atoms with Gasteiger partial charge in [-0.2, -0.15) is 13.2 Å². The molecule has 1 saturated carbocycles. The quantitative estimate of drug-likeness (QED) is 0.857. The van der Waals surface area contributed by atoms with Crippen molar-refractivity contribution in [2.45, 2.75) is 44.8 Å². The van der Waals surface area contributed by atoms with E-state index in [-0.39, 0.29) is 11.5 Å². The number of halogens is 3. The molecule has 4 heteroatoms. The molecule has 0 heterocycles. The Balaban J connectivity index is 2.15. The Morgan fingerprint density at radius 2 is 2.11 bits per heavy atom. The summed E-state index contributed by atoms with van der Waals surface area (Å²) in [6.07, 6.45) is -0.739. The maximum atomic E-state index is 12.6. The molecule has 0 amide bonds. The standard InChI is InChI=1S/C14H18F3N/c1-13(6-5-12(18)9-13)8-10-3-2-4-11(7-10)14(15,16)17/h2-4,7,12H,5-6,8-9,18H2,1H3. The molecule has 0 saturated heterocycles. The lowest BCUT2D eigenvalue weighted by Crippen LogP contribution is -2.21. The Labute approximate surface area is 105 Å². The van der Waals surface area contributed by atoms with Crippen LogP contribution >= 0.6 is 0 Å². The fraction of sp³-hybridized carbons (Fsp3) is 0.571. The molecule has 0 radical (unpaired) electrons. The largest absolute Gasteiger partial charge is 0.416 e. The Kier molecular flexibility index (Phi) is 3.41.